The van der Waals surface area contributed by atoms with Gasteiger partial charge in [-0.05, 0) is 58.1 Å². The van der Waals surface area contributed by atoms with E-state index >= 15 is 0 Å². The average molecular weight is 603 g/mol. The van der Waals surface area contributed by atoms with Crippen LogP contribution in [0.15, 0.2) is 133 Å². The topological polar surface area (TPSA) is 80.7 Å². The lowest BCUT2D eigenvalue weighted by Crippen LogP contribution is -2.31. The number of nitrogens with zero attached hydrogens (tertiary/aromatic N) is 1. The fraction of sp³-hybridized carbons (Fsp3) is 0.189. The van der Waals surface area contributed by atoms with Gasteiger partial charge in [-0.2, -0.15) is 0 Å². The molecule has 1 aliphatic heterocycles. The molecule has 6 rings (SSSR count). The molecule has 0 aliphatic carbocycles. The summed E-state index contributed by atoms with van der Waals surface area (Å²) in [5.74, 6) is 0.667. The Morgan fingerprint density at radius 3 is 2.32 bits per heavy atom. The third-order valence-electron chi connectivity index (χ3n) is 7.60. The van der Waals surface area contributed by atoms with E-state index < -0.39 is 6.29 Å². The fourth-order valence-corrected chi connectivity index (χ4v) is 6.08. The number of ether oxygens (including phenoxy) is 2. The van der Waals surface area contributed by atoms with Gasteiger partial charge in [0.15, 0.2) is 6.29 Å². The highest BCUT2D eigenvalue weighted by Crippen LogP contribution is 2.39. The first kappa shape index (κ1) is 29.8. The second-order valence-corrected chi connectivity index (χ2v) is 11.7. The summed E-state index contributed by atoms with van der Waals surface area (Å²) < 4.78 is 13.0. The molecule has 0 unspecified atom stereocenters. The number of carbonyl (C=O) groups excluding carboxylic acids is 1. The van der Waals surface area contributed by atoms with Gasteiger partial charge < -0.3 is 19.9 Å². The van der Waals surface area contributed by atoms with E-state index in [1.807, 2.05) is 84.9 Å². The molecule has 7 heteroatoms. The van der Waals surface area contributed by atoms with Crippen molar-refractivity contribution in [2.45, 2.75) is 43.1 Å². The standard InChI is InChI=1S/C37H34N2O4S/c40-24-26-12-14-29(15-13-26)34-22-33(25-44-35-11-4-5-20-38-35)42-37(43-34)31-18-16-28(17-19-31)32-10-6-7-27(21-32)23-39-36(41)30-8-2-1-3-9-30/h1-21,33-34,37,40H,22-25H2,(H,39,41)/t33-,34+,37+/m0/s1. The molecule has 1 aliphatic rings. The van der Waals surface area contributed by atoms with Gasteiger partial charge in [0.2, 0.25) is 0 Å². The monoisotopic (exact) mass is 602 g/mol. The first-order chi connectivity index (χ1) is 21.6. The number of benzene rings is 4. The second kappa shape index (κ2) is 14.5. The van der Waals surface area contributed by atoms with Gasteiger partial charge in [0, 0.05) is 36.0 Å². The highest BCUT2D eigenvalue weighted by atomic mass is 32.2. The number of hydrogen-bond acceptors (Lipinski definition) is 6. The summed E-state index contributed by atoms with van der Waals surface area (Å²) in [7, 11) is 0. The summed E-state index contributed by atoms with van der Waals surface area (Å²) in [4.78, 5) is 16.9. The predicted octanol–water partition coefficient (Wildman–Crippen LogP) is 7.51. The molecule has 1 amide bonds. The van der Waals surface area contributed by atoms with Crippen molar-refractivity contribution in [1.29, 1.82) is 0 Å². The maximum atomic E-state index is 12.5. The molecule has 4 aromatic carbocycles. The molecule has 3 atom stereocenters. The number of aliphatic hydroxyl groups excluding tert-OH is 1. The molecule has 1 saturated heterocycles. The summed E-state index contributed by atoms with van der Waals surface area (Å²) in [5.41, 5.74) is 6.70. The van der Waals surface area contributed by atoms with Crippen LogP contribution in [0.25, 0.3) is 11.1 Å². The Kier molecular flexibility index (Phi) is 9.79. The number of amides is 1. The Morgan fingerprint density at radius 2 is 1.57 bits per heavy atom. The average Bonchev–Trinajstić information content (AvgIpc) is 3.10. The third kappa shape index (κ3) is 7.62. The first-order valence-electron chi connectivity index (χ1n) is 14.7. The van der Waals surface area contributed by atoms with Crippen LogP contribution < -0.4 is 5.32 Å². The van der Waals surface area contributed by atoms with Crippen molar-refractivity contribution in [3.8, 4) is 11.1 Å². The van der Waals surface area contributed by atoms with E-state index in [2.05, 4.69) is 46.7 Å². The van der Waals surface area contributed by atoms with Crippen LogP contribution in [-0.4, -0.2) is 27.9 Å². The maximum absolute atomic E-state index is 12.5. The lowest BCUT2D eigenvalue weighted by atomic mass is 9.99. The first-order valence-corrected chi connectivity index (χ1v) is 15.7. The maximum Gasteiger partial charge on any atom is 0.251 e. The summed E-state index contributed by atoms with van der Waals surface area (Å²) in [6, 6.07) is 39.6. The molecule has 1 fully saturated rings. The van der Waals surface area contributed by atoms with Gasteiger partial charge >= 0.3 is 0 Å². The molecule has 44 heavy (non-hydrogen) atoms. The Balaban J connectivity index is 1.15. The summed E-state index contributed by atoms with van der Waals surface area (Å²) in [5, 5.41) is 13.5. The van der Waals surface area contributed by atoms with E-state index in [1.165, 1.54) is 0 Å². The quantitative estimate of drug-likeness (QED) is 0.161. The van der Waals surface area contributed by atoms with E-state index in [4.69, 9.17) is 9.47 Å². The molecule has 2 N–H and O–H groups in total. The van der Waals surface area contributed by atoms with Crippen LogP contribution >= 0.6 is 11.8 Å². The van der Waals surface area contributed by atoms with Gasteiger partial charge in [-0.15, -0.1) is 11.8 Å². The van der Waals surface area contributed by atoms with Gasteiger partial charge in [0.05, 0.1) is 23.8 Å². The van der Waals surface area contributed by atoms with Gasteiger partial charge in [0.1, 0.15) is 0 Å². The predicted molar refractivity (Wildman–Crippen MR) is 173 cm³/mol. The minimum absolute atomic E-state index is 0.0124. The zero-order chi connectivity index (χ0) is 30.1. The molecule has 0 spiro atoms. The lowest BCUT2D eigenvalue weighted by Gasteiger charge is -2.36. The number of nitrogens with one attached hydrogen (secondary N) is 1. The van der Waals surface area contributed by atoms with Gasteiger partial charge in [-0.25, -0.2) is 4.98 Å². The van der Waals surface area contributed by atoms with Gasteiger partial charge in [-0.1, -0.05) is 91.0 Å². The smallest absolute Gasteiger partial charge is 0.251 e. The molecular weight excluding hydrogens is 568 g/mol. The van der Waals surface area contributed by atoms with Crippen molar-refractivity contribution >= 4 is 17.7 Å². The van der Waals surface area contributed by atoms with E-state index in [1.54, 1.807) is 18.0 Å². The number of carbonyl (C=O) groups is 1. The number of thioether (sulfide) groups is 1. The second-order valence-electron chi connectivity index (χ2n) is 10.7. The van der Waals surface area contributed by atoms with Crippen LogP contribution in [0, 0.1) is 0 Å². The molecule has 0 bridgehead atoms. The Hall–Kier alpha value is -4.27. The number of pyridine rings is 1. The van der Waals surface area contributed by atoms with E-state index in [9.17, 15) is 9.90 Å². The van der Waals surface area contributed by atoms with E-state index in [-0.39, 0.29) is 24.7 Å². The normalized spacial score (nSPS) is 18.1. The van der Waals surface area contributed by atoms with E-state index in [0.717, 1.165) is 50.6 Å². The lowest BCUT2D eigenvalue weighted by molar-refractivity contribution is -0.245. The zero-order valence-corrected chi connectivity index (χ0v) is 25.0. The Labute approximate surface area is 262 Å². The largest absolute Gasteiger partial charge is 0.392 e. The number of hydrogen-bond donors (Lipinski definition) is 2. The van der Waals surface area contributed by atoms with Crippen LogP contribution in [0.1, 0.15) is 51.4 Å². The van der Waals surface area contributed by atoms with Crippen molar-refractivity contribution in [1.82, 2.24) is 10.3 Å². The van der Waals surface area contributed by atoms with Crippen LogP contribution in [0.2, 0.25) is 0 Å². The Bertz CT molecular complexity index is 1650. The van der Waals surface area contributed by atoms with Gasteiger partial charge in [0.25, 0.3) is 5.91 Å². The molecule has 222 valence electrons. The molecule has 0 radical (unpaired) electrons. The van der Waals surface area contributed by atoms with Crippen LogP contribution in [0.3, 0.4) is 0 Å². The molecule has 2 heterocycles. The minimum atomic E-state index is -0.519. The van der Waals surface area contributed by atoms with Gasteiger partial charge in [-0.3, -0.25) is 4.79 Å². The highest BCUT2D eigenvalue weighted by Gasteiger charge is 2.32. The van der Waals surface area contributed by atoms with E-state index in [0.29, 0.717) is 12.1 Å². The van der Waals surface area contributed by atoms with Crippen molar-refractivity contribution in [3.63, 3.8) is 0 Å². The SMILES string of the molecule is O=C(NCc1cccc(-c2ccc([C@@H]3O[C@H](CSc4ccccn4)C[C@H](c4ccc(CO)cc4)O3)cc2)c1)c1ccccc1. The van der Waals surface area contributed by atoms with Crippen LogP contribution in [0.5, 0.6) is 0 Å². The van der Waals surface area contributed by atoms with Crippen molar-refractivity contribution < 1.29 is 19.4 Å². The third-order valence-corrected chi connectivity index (χ3v) is 8.68. The summed E-state index contributed by atoms with van der Waals surface area (Å²) >= 11 is 1.68. The molecule has 0 saturated carbocycles. The molecule has 5 aromatic rings. The zero-order valence-electron chi connectivity index (χ0n) is 24.2. The number of aromatic nitrogens is 1. The van der Waals surface area contributed by atoms with Crippen LogP contribution in [0.4, 0.5) is 0 Å². The van der Waals surface area contributed by atoms with Crippen molar-refractivity contribution in [2.75, 3.05) is 5.75 Å². The Morgan fingerprint density at radius 1 is 0.795 bits per heavy atom. The minimum Gasteiger partial charge on any atom is -0.392 e. The van der Waals surface area contributed by atoms with Crippen molar-refractivity contribution in [3.05, 3.63) is 155 Å². The molecular formula is C37H34N2O4S. The number of aliphatic hydroxyl groups is 1. The number of rotatable bonds is 10. The summed E-state index contributed by atoms with van der Waals surface area (Å²) in [6.07, 6.45) is 1.83. The molecule has 1 aromatic heterocycles. The fourth-order valence-electron chi connectivity index (χ4n) is 5.20. The summed E-state index contributed by atoms with van der Waals surface area (Å²) in [6.45, 7) is 0.459. The highest BCUT2D eigenvalue weighted by molar-refractivity contribution is 7.99. The van der Waals surface area contributed by atoms with Crippen molar-refractivity contribution in [2.24, 2.45) is 0 Å². The molecule has 6 nitrogen and oxygen atoms in total. The van der Waals surface area contributed by atoms with Crippen LogP contribution in [-0.2, 0) is 22.6 Å².